The van der Waals surface area contributed by atoms with Crippen molar-refractivity contribution in [3.05, 3.63) is 23.8 Å². The van der Waals surface area contributed by atoms with Crippen LogP contribution in [0.5, 0.6) is 5.75 Å². The highest BCUT2D eigenvalue weighted by Crippen LogP contribution is 2.29. The Balaban J connectivity index is 3.00. The topological polar surface area (TPSA) is 64.6 Å². The van der Waals surface area contributed by atoms with Crippen molar-refractivity contribution in [2.75, 3.05) is 12.4 Å². The third-order valence-corrected chi connectivity index (χ3v) is 2.36. The van der Waals surface area contributed by atoms with Crippen molar-refractivity contribution >= 4 is 17.6 Å². The van der Waals surface area contributed by atoms with E-state index in [1.165, 1.54) is 7.11 Å². The van der Waals surface area contributed by atoms with Gasteiger partial charge in [0.2, 0.25) is 0 Å². The number of ketones is 1. The van der Waals surface area contributed by atoms with Crippen LogP contribution in [-0.4, -0.2) is 30.8 Å². The van der Waals surface area contributed by atoms with Crippen LogP contribution in [0.15, 0.2) is 18.2 Å². The molecule has 22 heavy (non-hydrogen) atoms. The Labute approximate surface area is 125 Å². The SMILES string of the molecule is COc1cc(C(=O)C(F)(F)F)ccc1NC(=O)OC(C)(C)C. The van der Waals surface area contributed by atoms with E-state index in [0.717, 1.165) is 18.2 Å². The van der Waals surface area contributed by atoms with Crippen LogP contribution >= 0.6 is 0 Å². The second-order valence-corrected chi connectivity index (χ2v) is 5.37. The Morgan fingerprint density at radius 2 is 1.73 bits per heavy atom. The standard InChI is InChI=1S/C14H16F3NO4/c1-13(2,3)22-12(20)18-9-6-5-8(7-10(9)21-4)11(19)14(15,16)17/h5-7H,1-4H3,(H,18,20). The van der Waals surface area contributed by atoms with Gasteiger partial charge in [-0.15, -0.1) is 0 Å². The van der Waals surface area contributed by atoms with Gasteiger partial charge >= 0.3 is 12.3 Å². The fourth-order valence-electron chi connectivity index (χ4n) is 1.51. The second-order valence-electron chi connectivity index (χ2n) is 5.37. The van der Waals surface area contributed by atoms with Gasteiger partial charge in [0.25, 0.3) is 5.78 Å². The van der Waals surface area contributed by atoms with Crippen LogP contribution < -0.4 is 10.1 Å². The van der Waals surface area contributed by atoms with E-state index in [1.54, 1.807) is 20.8 Å². The normalized spacial score (nSPS) is 11.8. The molecule has 0 aliphatic heterocycles. The van der Waals surface area contributed by atoms with Crippen LogP contribution in [0.25, 0.3) is 0 Å². The molecular weight excluding hydrogens is 303 g/mol. The van der Waals surface area contributed by atoms with Crippen molar-refractivity contribution in [2.45, 2.75) is 32.5 Å². The van der Waals surface area contributed by atoms with Gasteiger partial charge in [-0.05, 0) is 39.0 Å². The number of benzene rings is 1. The molecule has 5 nitrogen and oxygen atoms in total. The minimum atomic E-state index is -4.98. The maximum absolute atomic E-state index is 12.4. The predicted octanol–water partition coefficient (Wildman–Crippen LogP) is 3.79. The van der Waals surface area contributed by atoms with E-state index in [4.69, 9.17) is 9.47 Å². The fourth-order valence-corrected chi connectivity index (χ4v) is 1.51. The number of halogens is 3. The van der Waals surface area contributed by atoms with E-state index in [-0.39, 0.29) is 11.4 Å². The second kappa shape index (κ2) is 6.25. The van der Waals surface area contributed by atoms with E-state index >= 15 is 0 Å². The van der Waals surface area contributed by atoms with E-state index in [1.807, 2.05) is 0 Å². The first-order valence-corrected chi connectivity index (χ1v) is 6.23. The molecule has 1 aromatic rings. The molecule has 0 radical (unpaired) electrons. The molecule has 1 aromatic carbocycles. The summed E-state index contributed by atoms with van der Waals surface area (Å²) in [6, 6.07) is 3.00. The molecule has 0 aliphatic carbocycles. The average Bonchev–Trinajstić information content (AvgIpc) is 2.35. The highest BCUT2D eigenvalue weighted by atomic mass is 19.4. The number of methoxy groups -OCH3 is 1. The molecular formula is C14H16F3NO4. The molecule has 0 fully saturated rings. The van der Waals surface area contributed by atoms with Crippen LogP contribution in [0.1, 0.15) is 31.1 Å². The van der Waals surface area contributed by atoms with Crippen molar-refractivity contribution in [3.63, 3.8) is 0 Å². The number of Topliss-reactive ketones (excluding diaryl/α,β-unsaturated/α-hetero) is 1. The first kappa shape index (κ1) is 17.8. The molecule has 0 aliphatic rings. The number of nitrogens with one attached hydrogen (secondary N) is 1. The highest BCUT2D eigenvalue weighted by Gasteiger charge is 2.39. The summed E-state index contributed by atoms with van der Waals surface area (Å²) in [7, 11) is 1.21. The molecule has 0 heterocycles. The first-order chi connectivity index (χ1) is 9.94. The first-order valence-electron chi connectivity index (χ1n) is 6.23. The summed E-state index contributed by atoms with van der Waals surface area (Å²) in [5, 5.41) is 2.34. The summed E-state index contributed by atoms with van der Waals surface area (Å²) >= 11 is 0. The zero-order valence-corrected chi connectivity index (χ0v) is 12.5. The maximum atomic E-state index is 12.4. The molecule has 8 heteroatoms. The molecule has 0 unspecified atom stereocenters. The van der Waals surface area contributed by atoms with Gasteiger partial charge < -0.3 is 9.47 Å². The van der Waals surface area contributed by atoms with E-state index in [0.29, 0.717) is 0 Å². The number of anilines is 1. The Morgan fingerprint density at radius 1 is 1.14 bits per heavy atom. The molecule has 0 aromatic heterocycles. The average molecular weight is 319 g/mol. The van der Waals surface area contributed by atoms with Crippen molar-refractivity contribution in [3.8, 4) is 5.75 Å². The molecule has 0 atom stereocenters. The largest absolute Gasteiger partial charge is 0.495 e. The Hall–Kier alpha value is -2.25. The van der Waals surface area contributed by atoms with Gasteiger partial charge in [-0.1, -0.05) is 0 Å². The summed E-state index contributed by atoms with van der Waals surface area (Å²) in [4.78, 5) is 22.8. The Morgan fingerprint density at radius 3 is 2.18 bits per heavy atom. The van der Waals surface area contributed by atoms with Crippen LogP contribution in [0.3, 0.4) is 0 Å². The maximum Gasteiger partial charge on any atom is 0.454 e. The van der Waals surface area contributed by atoms with Gasteiger partial charge in [-0.3, -0.25) is 10.1 Å². The molecule has 1 rings (SSSR count). The molecule has 0 bridgehead atoms. The summed E-state index contributed by atoms with van der Waals surface area (Å²) in [5.74, 6) is -2.07. The quantitative estimate of drug-likeness (QED) is 0.861. The number of rotatable bonds is 3. The summed E-state index contributed by atoms with van der Waals surface area (Å²) < 4.78 is 47.1. The highest BCUT2D eigenvalue weighted by molar-refractivity contribution is 6.01. The molecule has 122 valence electrons. The zero-order valence-electron chi connectivity index (χ0n) is 12.5. The lowest BCUT2D eigenvalue weighted by Crippen LogP contribution is -2.27. The van der Waals surface area contributed by atoms with Gasteiger partial charge in [0.1, 0.15) is 11.4 Å². The van der Waals surface area contributed by atoms with Gasteiger partial charge in [0.15, 0.2) is 0 Å². The van der Waals surface area contributed by atoms with Crippen molar-refractivity contribution in [1.82, 2.24) is 0 Å². The molecule has 1 N–H and O–H groups in total. The number of alkyl halides is 3. The summed E-state index contributed by atoms with van der Waals surface area (Å²) in [5.41, 5.74) is -1.22. The van der Waals surface area contributed by atoms with Crippen LogP contribution in [0.2, 0.25) is 0 Å². The fraction of sp³-hybridized carbons (Fsp3) is 0.429. The number of hydrogen-bond donors (Lipinski definition) is 1. The Kier molecular flexibility index (Phi) is 5.05. The third kappa shape index (κ3) is 4.94. The third-order valence-electron chi connectivity index (χ3n) is 2.36. The van der Waals surface area contributed by atoms with Crippen molar-refractivity contribution in [2.24, 2.45) is 0 Å². The molecule has 1 amide bonds. The van der Waals surface area contributed by atoms with Gasteiger partial charge in [0, 0.05) is 5.56 Å². The number of ether oxygens (including phenoxy) is 2. The monoisotopic (exact) mass is 319 g/mol. The minimum absolute atomic E-state index is 0.0824. The van der Waals surface area contributed by atoms with Crippen LogP contribution in [0, 0.1) is 0 Å². The molecule has 0 spiro atoms. The smallest absolute Gasteiger partial charge is 0.454 e. The number of amides is 1. The lowest BCUT2D eigenvalue weighted by Gasteiger charge is -2.20. The van der Waals surface area contributed by atoms with Crippen molar-refractivity contribution in [1.29, 1.82) is 0 Å². The minimum Gasteiger partial charge on any atom is -0.495 e. The molecule has 0 saturated heterocycles. The number of carbonyl (C=O) groups excluding carboxylic acids is 2. The van der Waals surface area contributed by atoms with Gasteiger partial charge in [0.05, 0.1) is 12.8 Å². The van der Waals surface area contributed by atoms with Gasteiger partial charge in [-0.2, -0.15) is 13.2 Å². The lowest BCUT2D eigenvalue weighted by atomic mass is 10.1. The van der Waals surface area contributed by atoms with E-state index < -0.39 is 29.2 Å². The Bertz CT molecular complexity index is 576. The van der Waals surface area contributed by atoms with Crippen LogP contribution in [-0.2, 0) is 4.74 Å². The molecule has 0 saturated carbocycles. The number of carbonyl (C=O) groups is 2. The van der Waals surface area contributed by atoms with E-state index in [9.17, 15) is 22.8 Å². The van der Waals surface area contributed by atoms with Crippen LogP contribution in [0.4, 0.5) is 23.7 Å². The number of hydrogen-bond acceptors (Lipinski definition) is 4. The lowest BCUT2D eigenvalue weighted by molar-refractivity contribution is -0.0885. The predicted molar refractivity (Wildman–Crippen MR) is 73.2 cm³/mol. The summed E-state index contributed by atoms with van der Waals surface area (Å²) in [6.07, 6.45) is -5.77. The van der Waals surface area contributed by atoms with Crippen molar-refractivity contribution < 1.29 is 32.2 Å². The van der Waals surface area contributed by atoms with Gasteiger partial charge in [-0.25, -0.2) is 4.79 Å². The summed E-state index contributed by atoms with van der Waals surface area (Å²) in [6.45, 7) is 4.98. The van der Waals surface area contributed by atoms with E-state index in [2.05, 4.69) is 5.32 Å². The zero-order chi connectivity index (χ0) is 17.1.